The molecule has 1 aliphatic heterocycles. The van der Waals surface area contributed by atoms with Crippen LogP contribution in [0.5, 0.6) is 0 Å². The van der Waals surface area contributed by atoms with Crippen LogP contribution in [-0.4, -0.2) is 64.4 Å². The highest BCUT2D eigenvalue weighted by Crippen LogP contribution is 2.44. The number of hydrogen-bond donors (Lipinski definition) is 3. The summed E-state index contributed by atoms with van der Waals surface area (Å²) in [5.41, 5.74) is 2.51. The smallest absolute Gasteiger partial charge is 0.407 e. The molecular formula is C23H24N2O6. The molecule has 0 spiro atoms. The summed E-state index contributed by atoms with van der Waals surface area (Å²) in [7, 11) is 0. The molecule has 0 radical (unpaired) electrons. The van der Waals surface area contributed by atoms with E-state index in [1.54, 1.807) is 6.92 Å². The SMILES string of the molecule is CC[C@H](NC(=O)OCC1c2ccccc2-c2ccccc21)C(=O)N1CC(O)(C(=O)O)C1. The Balaban J connectivity index is 1.37. The molecule has 0 aromatic heterocycles. The number of rotatable bonds is 6. The first kappa shape index (κ1) is 20.9. The Morgan fingerprint density at radius 1 is 1.10 bits per heavy atom. The topological polar surface area (TPSA) is 116 Å². The number of aliphatic hydroxyl groups is 1. The first-order valence-electron chi connectivity index (χ1n) is 10.2. The summed E-state index contributed by atoms with van der Waals surface area (Å²) in [5, 5.41) is 21.3. The van der Waals surface area contributed by atoms with Gasteiger partial charge in [-0.25, -0.2) is 9.59 Å². The predicted octanol–water partition coefficient (Wildman–Crippen LogP) is 1.96. The van der Waals surface area contributed by atoms with Gasteiger partial charge in [-0.3, -0.25) is 4.79 Å². The number of carbonyl (C=O) groups is 3. The zero-order chi connectivity index (χ0) is 22.2. The van der Waals surface area contributed by atoms with Crippen molar-refractivity contribution in [1.29, 1.82) is 0 Å². The normalized spacial score (nSPS) is 17.2. The number of nitrogens with zero attached hydrogens (tertiary/aromatic N) is 1. The van der Waals surface area contributed by atoms with Crippen molar-refractivity contribution in [2.24, 2.45) is 0 Å². The average Bonchev–Trinajstić information content (AvgIpc) is 3.07. The Hall–Kier alpha value is -3.39. The van der Waals surface area contributed by atoms with E-state index >= 15 is 0 Å². The van der Waals surface area contributed by atoms with Crippen molar-refractivity contribution < 1.29 is 29.3 Å². The molecule has 1 atom stereocenters. The molecule has 3 N–H and O–H groups in total. The van der Waals surface area contributed by atoms with Crippen LogP contribution in [0.15, 0.2) is 48.5 Å². The third-order valence-corrected chi connectivity index (χ3v) is 5.96. The first-order valence-corrected chi connectivity index (χ1v) is 10.2. The van der Waals surface area contributed by atoms with E-state index in [1.807, 2.05) is 48.5 Å². The van der Waals surface area contributed by atoms with E-state index < -0.39 is 29.6 Å². The van der Waals surface area contributed by atoms with Gasteiger partial charge in [-0.15, -0.1) is 0 Å². The fourth-order valence-corrected chi connectivity index (χ4v) is 4.22. The monoisotopic (exact) mass is 424 g/mol. The summed E-state index contributed by atoms with van der Waals surface area (Å²) < 4.78 is 5.47. The number of carbonyl (C=O) groups excluding carboxylic acids is 2. The molecule has 0 unspecified atom stereocenters. The van der Waals surface area contributed by atoms with Crippen molar-refractivity contribution in [3.63, 3.8) is 0 Å². The lowest BCUT2D eigenvalue weighted by Crippen LogP contribution is -2.69. The molecule has 0 bridgehead atoms. The van der Waals surface area contributed by atoms with E-state index in [1.165, 1.54) is 4.90 Å². The molecule has 1 saturated heterocycles. The Morgan fingerprint density at radius 3 is 2.16 bits per heavy atom. The van der Waals surface area contributed by atoms with Gasteiger partial charge >= 0.3 is 12.1 Å². The number of carboxylic acids is 1. The van der Waals surface area contributed by atoms with Gasteiger partial charge in [0.25, 0.3) is 0 Å². The van der Waals surface area contributed by atoms with Crippen molar-refractivity contribution in [1.82, 2.24) is 10.2 Å². The van der Waals surface area contributed by atoms with Crippen LogP contribution in [0.3, 0.4) is 0 Å². The lowest BCUT2D eigenvalue weighted by atomic mass is 9.93. The van der Waals surface area contributed by atoms with E-state index in [2.05, 4.69) is 5.32 Å². The fourth-order valence-electron chi connectivity index (χ4n) is 4.22. The highest BCUT2D eigenvalue weighted by Gasteiger charge is 2.51. The number of carboxylic acid groups (broad SMARTS) is 1. The minimum atomic E-state index is -1.92. The Kier molecular flexibility index (Phi) is 5.41. The molecule has 8 nitrogen and oxygen atoms in total. The van der Waals surface area contributed by atoms with Crippen molar-refractivity contribution in [3.8, 4) is 11.1 Å². The van der Waals surface area contributed by atoms with Crippen LogP contribution < -0.4 is 5.32 Å². The molecule has 1 aliphatic carbocycles. The molecule has 162 valence electrons. The molecule has 4 rings (SSSR count). The molecule has 0 saturated carbocycles. The number of benzene rings is 2. The van der Waals surface area contributed by atoms with Gasteiger partial charge in [0, 0.05) is 5.92 Å². The minimum Gasteiger partial charge on any atom is -0.479 e. The van der Waals surface area contributed by atoms with Crippen molar-refractivity contribution in [2.75, 3.05) is 19.7 Å². The van der Waals surface area contributed by atoms with Gasteiger partial charge in [0.05, 0.1) is 13.1 Å². The highest BCUT2D eigenvalue weighted by molar-refractivity contribution is 5.89. The summed E-state index contributed by atoms with van der Waals surface area (Å²) >= 11 is 0. The Morgan fingerprint density at radius 2 is 1.65 bits per heavy atom. The zero-order valence-corrected chi connectivity index (χ0v) is 17.1. The molecule has 2 aromatic rings. The zero-order valence-electron chi connectivity index (χ0n) is 17.1. The molecule has 2 aliphatic rings. The summed E-state index contributed by atoms with van der Waals surface area (Å²) in [6.07, 6.45) is -0.401. The lowest BCUT2D eigenvalue weighted by molar-refractivity contribution is -0.182. The number of alkyl carbamates (subject to hydrolysis) is 1. The van der Waals surface area contributed by atoms with Crippen LogP contribution in [0.25, 0.3) is 11.1 Å². The second-order valence-electron chi connectivity index (χ2n) is 7.96. The number of aliphatic carboxylic acids is 1. The molecular weight excluding hydrogens is 400 g/mol. The fraction of sp³-hybridized carbons (Fsp3) is 0.348. The van der Waals surface area contributed by atoms with E-state index in [-0.39, 0.29) is 25.6 Å². The maximum atomic E-state index is 12.5. The molecule has 8 heteroatoms. The van der Waals surface area contributed by atoms with Crippen molar-refractivity contribution in [3.05, 3.63) is 59.7 Å². The van der Waals surface area contributed by atoms with E-state index in [4.69, 9.17) is 9.84 Å². The van der Waals surface area contributed by atoms with E-state index in [0.717, 1.165) is 22.3 Å². The quantitative estimate of drug-likeness (QED) is 0.653. The predicted molar refractivity (Wildman–Crippen MR) is 111 cm³/mol. The molecule has 1 heterocycles. The third-order valence-electron chi connectivity index (χ3n) is 5.96. The number of likely N-dealkylation sites (tertiary alicyclic amines) is 1. The molecule has 2 aromatic carbocycles. The summed E-state index contributed by atoms with van der Waals surface area (Å²) in [4.78, 5) is 37.2. The standard InChI is InChI=1S/C23H24N2O6/c1-2-19(20(26)25-12-23(30,13-25)21(27)28)24-22(29)31-11-18-16-9-5-3-7-14(16)15-8-4-6-10-17(15)18/h3-10,18-19,30H,2,11-13H2,1H3,(H,24,29)(H,27,28)/t19-/m0/s1. The molecule has 2 amide bonds. The maximum absolute atomic E-state index is 12.5. The van der Waals surface area contributed by atoms with Crippen LogP contribution in [0.2, 0.25) is 0 Å². The Labute approximate surface area is 179 Å². The first-order chi connectivity index (χ1) is 14.8. The van der Waals surface area contributed by atoms with Crippen LogP contribution in [0, 0.1) is 0 Å². The van der Waals surface area contributed by atoms with Gasteiger partial charge in [0.15, 0.2) is 5.60 Å². The second kappa shape index (κ2) is 8.03. The maximum Gasteiger partial charge on any atom is 0.407 e. The van der Waals surface area contributed by atoms with E-state index in [9.17, 15) is 19.5 Å². The minimum absolute atomic E-state index is 0.0881. The molecule has 31 heavy (non-hydrogen) atoms. The summed E-state index contributed by atoms with van der Waals surface area (Å²) in [5.74, 6) is -1.90. The number of fused-ring (bicyclic) bond motifs is 3. The van der Waals surface area contributed by atoms with E-state index in [0.29, 0.717) is 6.42 Å². The molecule has 1 fully saturated rings. The van der Waals surface area contributed by atoms with Gasteiger partial charge in [-0.05, 0) is 28.7 Å². The van der Waals surface area contributed by atoms with Crippen molar-refractivity contribution in [2.45, 2.75) is 30.9 Å². The van der Waals surface area contributed by atoms with Crippen LogP contribution in [0.4, 0.5) is 4.79 Å². The summed E-state index contributed by atoms with van der Waals surface area (Å²) in [6.45, 7) is 1.26. The summed E-state index contributed by atoms with van der Waals surface area (Å²) in [6, 6.07) is 15.1. The third kappa shape index (κ3) is 3.74. The van der Waals surface area contributed by atoms with Crippen LogP contribution >= 0.6 is 0 Å². The van der Waals surface area contributed by atoms with Crippen molar-refractivity contribution >= 4 is 18.0 Å². The second-order valence-corrected chi connectivity index (χ2v) is 7.96. The number of nitrogens with one attached hydrogen (secondary N) is 1. The number of amides is 2. The number of ether oxygens (including phenoxy) is 1. The van der Waals surface area contributed by atoms with Crippen LogP contribution in [-0.2, 0) is 14.3 Å². The lowest BCUT2D eigenvalue weighted by Gasteiger charge is -2.44. The number of hydrogen-bond acceptors (Lipinski definition) is 5. The van der Waals surface area contributed by atoms with Gasteiger partial charge in [-0.1, -0.05) is 55.5 Å². The average molecular weight is 424 g/mol. The van der Waals surface area contributed by atoms with Gasteiger partial charge < -0.3 is 25.2 Å². The largest absolute Gasteiger partial charge is 0.479 e. The van der Waals surface area contributed by atoms with Gasteiger partial charge in [0.2, 0.25) is 5.91 Å². The van der Waals surface area contributed by atoms with Gasteiger partial charge in [-0.2, -0.15) is 0 Å². The highest BCUT2D eigenvalue weighted by atomic mass is 16.5. The Bertz CT molecular complexity index is 985. The van der Waals surface area contributed by atoms with Crippen LogP contribution in [0.1, 0.15) is 30.4 Å². The number of β-amino-alcohol motifs (C(OH)–C–C–N with tert-alkyl or cyclic N) is 1. The van der Waals surface area contributed by atoms with Gasteiger partial charge in [0.1, 0.15) is 12.6 Å².